The SMILES string of the molecule is O=C(O)CCCCNC(=O)c1cc(Cl)cc(Br)c1. The van der Waals surface area contributed by atoms with Gasteiger partial charge < -0.3 is 10.4 Å². The van der Waals surface area contributed by atoms with Crippen molar-refractivity contribution >= 4 is 39.4 Å². The minimum absolute atomic E-state index is 0.124. The van der Waals surface area contributed by atoms with Gasteiger partial charge in [0.05, 0.1) is 0 Å². The van der Waals surface area contributed by atoms with Gasteiger partial charge in [-0.25, -0.2) is 0 Å². The monoisotopic (exact) mass is 333 g/mol. The zero-order valence-corrected chi connectivity index (χ0v) is 11.9. The van der Waals surface area contributed by atoms with Crippen LogP contribution in [0.4, 0.5) is 0 Å². The van der Waals surface area contributed by atoms with Crippen LogP contribution in [-0.4, -0.2) is 23.5 Å². The van der Waals surface area contributed by atoms with Crippen LogP contribution in [0, 0.1) is 0 Å². The molecule has 0 aromatic heterocycles. The first kappa shape index (κ1) is 15.0. The summed E-state index contributed by atoms with van der Waals surface area (Å²) in [4.78, 5) is 22.0. The Kier molecular flexibility index (Phi) is 6.15. The zero-order valence-electron chi connectivity index (χ0n) is 9.58. The van der Waals surface area contributed by atoms with Crippen molar-refractivity contribution in [3.05, 3.63) is 33.3 Å². The molecule has 0 atom stereocenters. The summed E-state index contributed by atoms with van der Waals surface area (Å²) >= 11 is 9.10. The first-order chi connectivity index (χ1) is 8.49. The van der Waals surface area contributed by atoms with Crippen molar-refractivity contribution in [1.29, 1.82) is 0 Å². The third-order valence-corrected chi connectivity index (χ3v) is 2.90. The van der Waals surface area contributed by atoms with E-state index >= 15 is 0 Å². The minimum atomic E-state index is -0.819. The molecule has 0 aliphatic rings. The van der Waals surface area contributed by atoms with Crippen LogP contribution in [0.15, 0.2) is 22.7 Å². The van der Waals surface area contributed by atoms with E-state index in [-0.39, 0.29) is 12.3 Å². The van der Waals surface area contributed by atoms with Gasteiger partial charge in [0.15, 0.2) is 0 Å². The highest BCUT2D eigenvalue weighted by Crippen LogP contribution is 2.19. The zero-order chi connectivity index (χ0) is 13.5. The first-order valence-corrected chi connectivity index (χ1v) is 6.62. The average molecular weight is 335 g/mol. The molecule has 0 saturated heterocycles. The summed E-state index contributed by atoms with van der Waals surface area (Å²) in [5, 5.41) is 11.7. The molecule has 0 saturated carbocycles. The molecule has 0 radical (unpaired) electrons. The van der Waals surface area contributed by atoms with Crippen LogP contribution in [0.25, 0.3) is 0 Å². The van der Waals surface area contributed by atoms with E-state index in [0.29, 0.717) is 30.0 Å². The Hall–Kier alpha value is -1.07. The number of carbonyl (C=O) groups excluding carboxylic acids is 1. The quantitative estimate of drug-likeness (QED) is 0.786. The maximum Gasteiger partial charge on any atom is 0.303 e. The first-order valence-electron chi connectivity index (χ1n) is 5.45. The highest BCUT2D eigenvalue weighted by molar-refractivity contribution is 9.10. The Morgan fingerprint density at radius 2 is 2.00 bits per heavy atom. The third kappa shape index (κ3) is 5.51. The van der Waals surface area contributed by atoms with E-state index in [1.54, 1.807) is 18.2 Å². The van der Waals surface area contributed by atoms with Crippen LogP contribution in [0.1, 0.15) is 29.6 Å². The predicted octanol–water partition coefficient (Wildman–Crippen LogP) is 3.09. The molecular formula is C12H13BrClNO3. The molecule has 2 N–H and O–H groups in total. The van der Waals surface area contributed by atoms with Gasteiger partial charge in [-0.3, -0.25) is 9.59 Å². The molecule has 6 heteroatoms. The van der Waals surface area contributed by atoms with Crippen LogP contribution in [0.5, 0.6) is 0 Å². The number of hydrogen-bond acceptors (Lipinski definition) is 2. The van der Waals surface area contributed by atoms with Crippen LogP contribution >= 0.6 is 27.5 Å². The Balaban J connectivity index is 2.38. The van der Waals surface area contributed by atoms with E-state index in [1.165, 1.54) is 0 Å². The predicted molar refractivity (Wildman–Crippen MR) is 73.0 cm³/mol. The van der Waals surface area contributed by atoms with Gasteiger partial charge in [0.25, 0.3) is 5.91 Å². The summed E-state index contributed by atoms with van der Waals surface area (Å²) in [6.45, 7) is 0.455. The van der Waals surface area contributed by atoms with E-state index in [4.69, 9.17) is 16.7 Å². The lowest BCUT2D eigenvalue weighted by atomic mass is 10.2. The van der Waals surface area contributed by atoms with Crippen molar-refractivity contribution in [2.45, 2.75) is 19.3 Å². The largest absolute Gasteiger partial charge is 0.481 e. The fourth-order valence-corrected chi connectivity index (χ4v) is 2.25. The number of hydrogen-bond donors (Lipinski definition) is 2. The summed E-state index contributed by atoms with van der Waals surface area (Å²) in [6, 6.07) is 4.96. The fourth-order valence-electron chi connectivity index (χ4n) is 1.39. The summed E-state index contributed by atoms with van der Waals surface area (Å²) in [5.74, 6) is -1.03. The molecule has 0 spiro atoms. The van der Waals surface area contributed by atoms with Crippen molar-refractivity contribution in [1.82, 2.24) is 5.32 Å². The normalized spacial score (nSPS) is 10.1. The van der Waals surface area contributed by atoms with Crippen LogP contribution in [0.3, 0.4) is 0 Å². The van der Waals surface area contributed by atoms with Gasteiger partial charge in [0.2, 0.25) is 0 Å². The Morgan fingerprint density at radius 3 is 2.61 bits per heavy atom. The molecule has 0 aliphatic carbocycles. The number of nitrogens with one attached hydrogen (secondary N) is 1. The molecule has 0 unspecified atom stereocenters. The maximum atomic E-state index is 11.7. The number of halogens is 2. The second kappa shape index (κ2) is 7.38. The van der Waals surface area contributed by atoms with Crippen molar-refractivity contribution in [3.8, 4) is 0 Å². The van der Waals surface area contributed by atoms with E-state index < -0.39 is 5.97 Å². The fraction of sp³-hybridized carbons (Fsp3) is 0.333. The van der Waals surface area contributed by atoms with E-state index in [9.17, 15) is 9.59 Å². The van der Waals surface area contributed by atoms with E-state index in [1.807, 2.05) is 0 Å². The lowest BCUT2D eigenvalue weighted by Gasteiger charge is -2.05. The molecule has 98 valence electrons. The molecule has 1 rings (SSSR count). The number of benzene rings is 1. The van der Waals surface area contributed by atoms with Crippen molar-refractivity contribution < 1.29 is 14.7 Å². The Bertz CT molecular complexity index is 431. The number of carboxylic acid groups (broad SMARTS) is 1. The molecule has 18 heavy (non-hydrogen) atoms. The number of amides is 1. The van der Waals surface area contributed by atoms with E-state index in [0.717, 1.165) is 4.47 Å². The molecule has 1 aromatic carbocycles. The van der Waals surface area contributed by atoms with Crippen molar-refractivity contribution in [2.24, 2.45) is 0 Å². The Labute approximate surface area is 118 Å². The standard InChI is InChI=1S/C12H13BrClNO3/c13-9-5-8(6-10(14)7-9)12(18)15-4-2-1-3-11(16)17/h5-7H,1-4H2,(H,15,18)(H,16,17). The minimum Gasteiger partial charge on any atom is -0.481 e. The van der Waals surface area contributed by atoms with Gasteiger partial charge in [-0.1, -0.05) is 27.5 Å². The number of carboxylic acids is 1. The lowest BCUT2D eigenvalue weighted by molar-refractivity contribution is -0.137. The number of unbranched alkanes of at least 4 members (excludes halogenated alkanes) is 1. The third-order valence-electron chi connectivity index (χ3n) is 2.23. The highest BCUT2D eigenvalue weighted by Gasteiger charge is 2.07. The summed E-state index contributed by atoms with van der Waals surface area (Å²) < 4.78 is 0.742. The van der Waals surface area contributed by atoms with E-state index in [2.05, 4.69) is 21.2 Å². The molecule has 0 fully saturated rings. The number of carbonyl (C=O) groups is 2. The van der Waals surface area contributed by atoms with Crippen LogP contribution < -0.4 is 5.32 Å². The molecule has 4 nitrogen and oxygen atoms in total. The highest BCUT2D eigenvalue weighted by atomic mass is 79.9. The van der Waals surface area contributed by atoms with Gasteiger partial charge in [-0.2, -0.15) is 0 Å². The second-order valence-electron chi connectivity index (χ2n) is 3.76. The van der Waals surface area contributed by atoms with Gasteiger partial charge in [-0.15, -0.1) is 0 Å². The van der Waals surface area contributed by atoms with Crippen LogP contribution in [0.2, 0.25) is 5.02 Å². The molecule has 0 bridgehead atoms. The molecule has 1 aromatic rings. The summed E-state index contributed by atoms with van der Waals surface area (Å²) in [7, 11) is 0. The topological polar surface area (TPSA) is 66.4 Å². The van der Waals surface area contributed by atoms with Gasteiger partial charge in [0, 0.05) is 28.0 Å². The molecule has 0 heterocycles. The van der Waals surface area contributed by atoms with Gasteiger partial charge in [-0.05, 0) is 31.0 Å². The lowest BCUT2D eigenvalue weighted by Crippen LogP contribution is -2.24. The summed E-state index contributed by atoms with van der Waals surface area (Å²) in [5.41, 5.74) is 0.479. The van der Waals surface area contributed by atoms with Crippen molar-refractivity contribution in [3.63, 3.8) is 0 Å². The van der Waals surface area contributed by atoms with Crippen LogP contribution in [-0.2, 0) is 4.79 Å². The average Bonchev–Trinajstić information content (AvgIpc) is 2.26. The molecule has 0 aliphatic heterocycles. The number of rotatable bonds is 6. The summed E-state index contributed by atoms with van der Waals surface area (Å²) in [6.07, 6.45) is 1.31. The van der Waals surface area contributed by atoms with Crippen molar-refractivity contribution in [2.75, 3.05) is 6.54 Å². The Morgan fingerprint density at radius 1 is 1.28 bits per heavy atom. The smallest absolute Gasteiger partial charge is 0.303 e. The molecular weight excluding hydrogens is 321 g/mol. The van der Waals surface area contributed by atoms with Gasteiger partial charge in [0.1, 0.15) is 0 Å². The molecule has 1 amide bonds. The number of aliphatic carboxylic acids is 1. The van der Waals surface area contributed by atoms with Gasteiger partial charge >= 0.3 is 5.97 Å². The second-order valence-corrected chi connectivity index (χ2v) is 5.12. The maximum absolute atomic E-state index is 11.7.